The highest BCUT2D eigenvalue weighted by molar-refractivity contribution is 4.79. The van der Waals surface area contributed by atoms with E-state index in [1.165, 1.54) is 25.7 Å². The van der Waals surface area contributed by atoms with Crippen LogP contribution in [0.25, 0.3) is 0 Å². The summed E-state index contributed by atoms with van der Waals surface area (Å²) in [6.07, 6.45) is 6.73. The van der Waals surface area contributed by atoms with E-state index in [1.54, 1.807) is 0 Å². The number of ether oxygens (including phenoxy) is 1. The van der Waals surface area contributed by atoms with E-state index in [-0.39, 0.29) is 0 Å². The summed E-state index contributed by atoms with van der Waals surface area (Å²) >= 11 is 0. The zero-order valence-electron chi connectivity index (χ0n) is 9.01. The summed E-state index contributed by atoms with van der Waals surface area (Å²) in [7, 11) is 2.05. The second-order valence-electron chi connectivity index (χ2n) is 4.01. The van der Waals surface area contributed by atoms with E-state index in [9.17, 15) is 0 Å². The van der Waals surface area contributed by atoms with Gasteiger partial charge in [0.1, 0.15) is 0 Å². The van der Waals surface area contributed by atoms with Gasteiger partial charge in [0, 0.05) is 12.6 Å². The van der Waals surface area contributed by atoms with Crippen molar-refractivity contribution in [3.05, 3.63) is 0 Å². The number of likely N-dealkylation sites (N-methyl/N-ethyl adjacent to an activating group) is 1. The van der Waals surface area contributed by atoms with Crippen molar-refractivity contribution in [3.8, 4) is 0 Å². The highest BCUT2D eigenvalue weighted by Gasteiger charge is 2.23. The predicted molar refractivity (Wildman–Crippen MR) is 55.9 cm³/mol. The van der Waals surface area contributed by atoms with E-state index < -0.39 is 0 Å². The highest BCUT2D eigenvalue weighted by atomic mass is 16.5. The van der Waals surface area contributed by atoms with Gasteiger partial charge < -0.3 is 10.1 Å². The van der Waals surface area contributed by atoms with Gasteiger partial charge in [-0.05, 0) is 32.2 Å². The molecule has 0 aromatic rings. The highest BCUT2D eigenvalue weighted by Crippen LogP contribution is 2.27. The first-order chi connectivity index (χ1) is 6.38. The van der Waals surface area contributed by atoms with Crippen molar-refractivity contribution in [2.75, 3.05) is 20.3 Å². The van der Waals surface area contributed by atoms with Crippen molar-refractivity contribution >= 4 is 0 Å². The Morgan fingerprint density at radius 2 is 2.08 bits per heavy atom. The Hall–Kier alpha value is -0.0800. The third-order valence-electron chi connectivity index (χ3n) is 2.99. The fourth-order valence-electron chi connectivity index (χ4n) is 2.17. The Morgan fingerprint density at radius 1 is 1.38 bits per heavy atom. The molecule has 2 heteroatoms. The van der Waals surface area contributed by atoms with Gasteiger partial charge >= 0.3 is 0 Å². The molecule has 1 saturated carbocycles. The monoisotopic (exact) mass is 185 g/mol. The largest absolute Gasteiger partial charge is 0.380 e. The van der Waals surface area contributed by atoms with Crippen molar-refractivity contribution in [2.45, 2.75) is 45.1 Å². The molecule has 1 atom stereocenters. The first-order valence-electron chi connectivity index (χ1n) is 5.63. The van der Waals surface area contributed by atoms with Crippen LogP contribution in [0.1, 0.15) is 39.0 Å². The van der Waals surface area contributed by atoms with Crippen molar-refractivity contribution in [2.24, 2.45) is 5.92 Å². The molecule has 2 nitrogen and oxygen atoms in total. The van der Waals surface area contributed by atoms with Crippen LogP contribution in [0.15, 0.2) is 0 Å². The molecule has 0 bridgehead atoms. The summed E-state index contributed by atoms with van der Waals surface area (Å²) in [6, 6.07) is 0.592. The maximum Gasteiger partial charge on any atom is 0.0622 e. The Labute approximate surface area is 82.0 Å². The normalized spacial score (nSPS) is 20.8. The van der Waals surface area contributed by atoms with Crippen LogP contribution in [0, 0.1) is 5.92 Å². The number of rotatable bonds is 6. The van der Waals surface area contributed by atoms with Crippen molar-refractivity contribution in [3.63, 3.8) is 0 Å². The molecule has 1 aliphatic rings. The van der Waals surface area contributed by atoms with Gasteiger partial charge in [-0.1, -0.05) is 19.8 Å². The Kier molecular flexibility index (Phi) is 5.40. The van der Waals surface area contributed by atoms with Crippen molar-refractivity contribution in [1.29, 1.82) is 0 Å². The van der Waals surface area contributed by atoms with Gasteiger partial charge in [0.05, 0.1) is 6.61 Å². The van der Waals surface area contributed by atoms with E-state index >= 15 is 0 Å². The molecule has 78 valence electrons. The van der Waals surface area contributed by atoms with E-state index in [2.05, 4.69) is 19.3 Å². The van der Waals surface area contributed by atoms with Crippen LogP contribution in [0.5, 0.6) is 0 Å². The maximum absolute atomic E-state index is 5.59. The van der Waals surface area contributed by atoms with Gasteiger partial charge in [-0.25, -0.2) is 0 Å². The summed E-state index contributed by atoms with van der Waals surface area (Å²) in [4.78, 5) is 0. The predicted octanol–water partition coefficient (Wildman–Crippen LogP) is 2.19. The quantitative estimate of drug-likeness (QED) is 0.640. The summed E-state index contributed by atoms with van der Waals surface area (Å²) in [5, 5.41) is 3.38. The fourth-order valence-corrected chi connectivity index (χ4v) is 2.17. The van der Waals surface area contributed by atoms with Crippen LogP contribution in [0.3, 0.4) is 0 Å². The van der Waals surface area contributed by atoms with Gasteiger partial charge in [-0.15, -0.1) is 0 Å². The first-order valence-corrected chi connectivity index (χ1v) is 5.63. The topological polar surface area (TPSA) is 21.3 Å². The Morgan fingerprint density at radius 3 is 2.62 bits per heavy atom. The summed E-state index contributed by atoms with van der Waals surface area (Å²) in [6.45, 7) is 3.96. The molecule has 0 aromatic heterocycles. The van der Waals surface area contributed by atoms with E-state index in [1.807, 2.05) is 0 Å². The summed E-state index contributed by atoms with van der Waals surface area (Å²) in [5.74, 6) is 0.863. The average Bonchev–Trinajstić information content (AvgIpc) is 2.65. The lowest BCUT2D eigenvalue weighted by atomic mass is 9.99. The molecule has 0 amide bonds. The molecule has 1 N–H and O–H groups in total. The molecule has 1 fully saturated rings. The fraction of sp³-hybridized carbons (Fsp3) is 1.00. The van der Waals surface area contributed by atoms with Gasteiger partial charge in [0.2, 0.25) is 0 Å². The number of hydrogen-bond acceptors (Lipinski definition) is 2. The molecule has 1 rings (SSSR count). The van der Waals surface area contributed by atoms with E-state index in [4.69, 9.17) is 4.74 Å². The SMILES string of the molecule is CCCOCC(NC)C1CCCC1. The molecule has 13 heavy (non-hydrogen) atoms. The van der Waals surface area contributed by atoms with E-state index in [0.717, 1.165) is 25.6 Å². The zero-order valence-corrected chi connectivity index (χ0v) is 9.01. The third kappa shape index (κ3) is 3.65. The minimum atomic E-state index is 0.592. The van der Waals surface area contributed by atoms with Gasteiger partial charge in [-0.3, -0.25) is 0 Å². The molecule has 0 saturated heterocycles. The minimum Gasteiger partial charge on any atom is -0.380 e. The van der Waals surface area contributed by atoms with Crippen LogP contribution >= 0.6 is 0 Å². The van der Waals surface area contributed by atoms with Crippen LogP contribution < -0.4 is 5.32 Å². The lowest BCUT2D eigenvalue weighted by Gasteiger charge is -2.22. The lowest BCUT2D eigenvalue weighted by molar-refractivity contribution is 0.0966. The average molecular weight is 185 g/mol. The van der Waals surface area contributed by atoms with Crippen LogP contribution in [0.4, 0.5) is 0 Å². The molecule has 0 heterocycles. The van der Waals surface area contributed by atoms with Crippen molar-refractivity contribution in [1.82, 2.24) is 5.32 Å². The molecular weight excluding hydrogens is 162 g/mol. The summed E-state index contributed by atoms with van der Waals surface area (Å²) in [5.41, 5.74) is 0. The van der Waals surface area contributed by atoms with Gasteiger partial charge in [-0.2, -0.15) is 0 Å². The second kappa shape index (κ2) is 6.39. The third-order valence-corrected chi connectivity index (χ3v) is 2.99. The van der Waals surface area contributed by atoms with Gasteiger partial charge in [0.25, 0.3) is 0 Å². The van der Waals surface area contributed by atoms with Gasteiger partial charge in [0.15, 0.2) is 0 Å². The lowest BCUT2D eigenvalue weighted by Crippen LogP contribution is -2.36. The van der Waals surface area contributed by atoms with Crippen LogP contribution in [0.2, 0.25) is 0 Å². The molecule has 1 aliphatic carbocycles. The Bertz CT molecular complexity index is 121. The van der Waals surface area contributed by atoms with Crippen LogP contribution in [-0.4, -0.2) is 26.3 Å². The number of nitrogens with one attached hydrogen (secondary N) is 1. The molecule has 0 spiro atoms. The molecule has 0 aliphatic heterocycles. The minimum absolute atomic E-state index is 0.592. The molecule has 0 aromatic carbocycles. The number of hydrogen-bond donors (Lipinski definition) is 1. The summed E-state index contributed by atoms with van der Waals surface area (Å²) < 4.78 is 5.59. The molecule has 0 radical (unpaired) electrons. The van der Waals surface area contributed by atoms with E-state index in [0.29, 0.717) is 6.04 Å². The van der Waals surface area contributed by atoms with Crippen LogP contribution in [-0.2, 0) is 4.74 Å². The molecular formula is C11H23NO. The van der Waals surface area contributed by atoms with Crippen molar-refractivity contribution < 1.29 is 4.74 Å². The zero-order chi connectivity index (χ0) is 9.52. The smallest absolute Gasteiger partial charge is 0.0622 e. The molecule has 1 unspecified atom stereocenters. The Balaban J connectivity index is 2.16. The maximum atomic E-state index is 5.59. The second-order valence-corrected chi connectivity index (χ2v) is 4.01. The standard InChI is InChI=1S/C11H23NO/c1-3-8-13-9-11(12-2)10-6-4-5-7-10/h10-12H,3-9H2,1-2H3. The first kappa shape index (κ1) is 11.0.